The molecule has 9 heteroatoms. The van der Waals surface area contributed by atoms with Gasteiger partial charge in [0, 0.05) is 24.1 Å². The topological polar surface area (TPSA) is 90.6 Å². The summed E-state index contributed by atoms with van der Waals surface area (Å²) in [4.78, 5) is 12.4. The van der Waals surface area contributed by atoms with E-state index in [0.717, 1.165) is 52.1 Å². The third kappa shape index (κ3) is 5.43. The second kappa shape index (κ2) is 9.65. The van der Waals surface area contributed by atoms with Crippen molar-refractivity contribution in [1.29, 1.82) is 0 Å². The lowest BCUT2D eigenvalue weighted by Gasteiger charge is -2.05. The predicted octanol–water partition coefficient (Wildman–Crippen LogP) is 3.57. The standard InChI is InChI=1S/C22H23N5O3S/c1-15(3-4-16-7-10-19-20(11-16)30-14-29-19)24-25-21(28)18-8-5-17(6-9-18)12-31-22-26-23-13-27(22)2/h5-11,13H,3-4,12,14H2,1-2H3,(H,25,28)/b24-15-. The highest BCUT2D eigenvalue weighted by Crippen LogP contribution is 2.32. The van der Waals surface area contributed by atoms with Crippen LogP contribution >= 0.6 is 11.8 Å². The number of ether oxygens (including phenoxy) is 2. The monoisotopic (exact) mass is 437 g/mol. The van der Waals surface area contributed by atoms with E-state index in [1.807, 2.05) is 48.9 Å². The zero-order chi connectivity index (χ0) is 21.6. The summed E-state index contributed by atoms with van der Waals surface area (Å²) in [6.07, 6.45) is 3.21. The van der Waals surface area contributed by atoms with Crippen LogP contribution in [0, 0.1) is 0 Å². The number of aromatic nitrogens is 3. The number of rotatable bonds is 8. The molecule has 0 fully saturated rings. The van der Waals surface area contributed by atoms with E-state index in [0.29, 0.717) is 5.56 Å². The number of benzene rings is 2. The van der Waals surface area contributed by atoms with Gasteiger partial charge in [0.2, 0.25) is 6.79 Å². The maximum atomic E-state index is 12.4. The molecule has 31 heavy (non-hydrogen) atoms. The summed E-state index contributed by atoms with van der Waals surface area (Å²) in [6, 6.07) is 13.4. The van der Waals surface area contributed by atoms with Crippen LogP contribution < -0.4 is 14.9 Å². The van der Waals surface area contributed by atoms with E-state index in [-0.39, 0.29) is 12.7 Å². The summed E-state index contributed by atoms with van der Waals surface area (Å²) in [5, 5.41) is 13.0. The van der Waals surface area contributed by atoms with Crippen LogP contribution in [0.1, 0.15) is 34.8 Å². The number of carbonyl (C=O) groups excluding carboxylic acids is 1. The van der Waals surface area contributed by atoms with Crippen LogP contribution in [0.25, 0.3) is 0 Å². The lowest BCUT2D eigenvalue weighted by molar-refractivity contribution is 0.0954. The molecule has 160 valence electrons. The molecule has 1 N–H and O–H groups in total. The van der Waals surface area contributed by atoms with Crippen LogP contribution in [0.4, 0.5) is 0 Å². The minimum atomic E-state index is -0.227. The van der Waals surface area contributed by atoms with E-state index in [2.05, 4.69) is 20.7 Å². The van der Waals surface area contributed by atoms with Gasteiger partial charge in [0.05, 0.1) is 0 Å². The Hall–Kier alpha value is -3.33. The van der Waals surface area contributed by atoms with Gasteiger partial charge in [0.25, 0.3) is 5.91 Å². The summed E-state index contributed by atoms with van der Waals surface area (Å²) in [6.45, 7) is 2.17. The number of nitrogens with one attached hydrogen (secondary N) is 1. The summed E-state index contributed by atoms with van der Waals surface area (Å²) >= 11 is 1.60. The summed E-state index contributed by atoms with van der Waals surface area (Å²) in [5.41, 5.74) is 6.30. The molecule has 0 radical (unpaired) electrons. The molecule has 0 saturated carbocycles. The Labute approximate surface area is 184 Å². The van der Waals surface area contributed by atoms with Gasteiger partial charge in [-0.25, -0.2) is 5.43 Å². The number of amides is 1. The third-order valence-corrected chi connectivity index (χ3v) is 5.92. The molecule has 1 amide bonds. The molecule has 3 aromatic rings. The molecule has 1 aromatic heterocycles. The minimum absolute atomic E-state index is 0.227. The van der Waals surface area contributed by atoms with Crippen LogP contribution in [-0.2, 0) is 19.2 Å². The first kappa shape index (κ1) is 20.9. The lowest BCUT2D eigenvalue weighted by atomic mass is 10.1. The zero-order valence-corrected chi connectivity index (χ0v) is 18.2. The number of hydrazone groups is 1. The molecule has 1 aliphatic rings. The number of nitrogens with zero attached hydrogens (tertiary/aromatic N) is 4. The minimum Gasteiger partial charge on any atom is -0.454 e. The first-order valence-electron chi connectivity index (χ1n) is 9.86. The predicted molar refractivity (Wildman–Crippen MR) is 118 cm³/mol. The van der Waals surface area contributed by atoms with Crippen molar-refractivity contribution in [2.45, 2.75) is 30.7 Å². The van der Waals surface area contributed by atoms with Gasteiger partial charge in [-0.2, -0.15) is 5.10 Å². The maximum Gasteiger partial charge on any atom is 0.271 e. The second-order valence-electron chi connectivity index (χ2n) is 7.19. The lowest BCUT2D eigenvalue weighted by Crippen LogP contribution is -2.19. The first-order valence-corrected chi connectivity index (χ1v) is 10.8. The van der Waals surface area contributed by atoms with Crippen molar-refractivity contribution < 1.29 is 14.3 Å². The highest BCUT2D eigenvalue weighted by molar-refractivity contribution is 7.98. The molecule has 1 aliphatic heterocycles. The number of thioether (sulfide) groups is 1. The highest BCUT2D eigenvalue weighted by Gasteiger charge is 2.13. The quantitative estimate of drug-likeness (QED) is 0.329. The van der Waals surface area contributed by atoms with Gasteiger partial charge in [-0.3, -0.25) is 4.79 Å². The molecule has 0 atom stereocenters. The molecule has 2 aromatic carbocycles. The Morgan fingerprint density at radius 3 is 2.71 bits per heavy atom. The van der Waals surface area contributed by atoms with Crippen LogP contribution in [0.3, 0.4) is 0 Å². The fourth-order valence-electron chi connectivity index (χ4n) is 2.99. The molecule has 0 saturated heterocycles. The molecule has 0 unspecified atom stereocenters. The molecular formula is C22H23N5O3S. The second-order valence-corrected chi connectivity index (χ2v) is 8.13. The normalized spacial score (nSPS) is 12.8. The van der Waals surface area contributed by atoms with Gasteiger partial charge in [-0.1, -0.05) is 30.0 Å². The Bertz CT molecular complexity index is 1090. The van der Waals surface area contributed by atoms with Crippen molar-refractivity contribution in [3.63, 3.8) is 0 Å². The highest BCUT2D eigenvalue weighted by atomic mass is 32.2. The Morgan fingerprint density at radius 2 is 1.94 bits per heavy atom. The summed E-state index contributed by atoms with van der Waals surface area (Å²) in [5.74, 6) is 2.08. The molecule has 2 heterocycles. The average molecular weight is 438 g/mol. The van der Waals surface area contributed by atoms with Gasteiger partial charge >= 0.3 is 0 Å². The zero-order valence-electron chi connectivity index (χ0n) is 17.4. The van der Waals surface area contributed by atoms with Gasteiger partial charge in [-0.05, 0) is 55.2 Å². The van der Waals surface area contributed by atoms with E-state index in [4.69, 9.17) is 9.47 Å². The fraction of sp³-hybridized carbons (Fsp3) is 0.273. The van der Waals surface area contributed by atoms with Gasteiger partial charge < -0.3 is 14.0 Å². The van der Waals surface area contributed by atoms with Crippen molar-refractivity contribution >= 4 is 23.4 Å². The number of aryl methyl sites for hydroxylation is 2. The molecule has 4 rings (SSSR count). The van der Waals surface area contributed by atoms with Crippen LogP contribution in [-0.4, -0.2) is 33.2 Å². The smallest absolute Gasteiger partial charge is 0.271 e. The third-order valence-electron chi connectivity index (χ3n) is 4.81. The first-order chi connectivity index (χ1) is 15.1. The van der Waals surface area contributed by atoms with E-state index in [9.17, 15) is 4.79 Å². The fourth-order valence-corrected chi connectivity index (χ4v) is 3.84. The van der Waals surface area contributed by atoms with Gasteiger partial charge in [-0.15, -0.1) is 10.2 Å². The van der Waals surface area contributed by atoms with E-state index in [1.165, 1.54) is 0 Å². The molecular weight excluding hydrogens is 414 g/mol. The van der Waals surface area contributed by atoms with Crippen molar-refractivity contribution in [3.8, 4) is 11.5 Å². The average Bonchev–Trinajstić information content (AvgIpc) is 3.43. The van der Waals surface area contributed by atoms with Crippen LogP contribution in [0.5, 0.6) is 11.5 Å². The van der Waals surface area contributed by atoms with Crippen molar-refractivity contribution in [2.24, 2.45) is 12.1 Å². The van der Waals surface area contributed by atoms with E-state index >= 15 is 0 Å². The van der Waals surface area contributed by atoms with Crippen LogP contribution in [0.2, 0.25) is 0 Å². The van der Waals surface area contributed by atoms with Gasteiger partial charge in [0.15, 0.2) is 16.7 Å². The van der Waals surface area contributed by atoms with Crippen molar-refractivity contribution in [2.75, 3.05) is 6.79 Å². The molecule has 0 spiro atoms. The van der Waals surface area contributed by atoms with Crippen molar-refractivity contribution in [1.82, 2.24) is 20.2 Å². The molecule has 8 nitrogen and oxygen atoms in total. The maximum absolute atomic E-state index is 12.4. The Balaban J connectivity index is 1.25. The Kier molecular flexibility index (Phi) is 6.51. The Morgan fingerprint density at radius 1 is 1.16 bits per heavy atom. The largest absolute Gasteiger partial charge is 0.454 e. The number of hydrogen-bond acceptors (Lipinski definition) is 7. The number of fused-ring (bicyclic) bond motifs is 1. The van der Waals surface area contributed by atoms with Gasteiger partial charge in [0.1, 0.15) is 6.33 Å². The van der Waals surface area contributed by atoms with E-state index in [1.54, 1.807) is 30.2 Å². The number of carbonyl (C=O) groups is 1. The molecule has 0 bridgehead atoms. The number of hydrogen-bond donors (Lipinski definition) is 1. The molecule has 0 aliphatic carbocycles. The van der Waals surface area contributed by atoms with E-state index < -0.39 is 0 Å². The summed E-state index contributed by atoms with van der Waals surface area (Å²) in [7, 11) is 1.91. The van der Waals surface area contributed by atoms with Crippen molar-refractivity contribution in [3.05, 3.63) is 65.5 Å². The summed E-state index contributed by atoms with van der Waals surface area (Å²) < 4.78 is 12.6. The SMILES string of the molecule is C/C(CCc1ccc2c(c1)OCO2)=N/NC(=O)c1ccc(CSc2nncn2C)cc1. The van der Waals surface area contributed by atoms with Crippen LogP contribution in [0.15, 0.2) is 59.0 Å².